The van der Waals surface area contributed by atoms with Crippen LogP contribution in [-0.4, -0.2) is 34.2 Å². The molecular weight excluding hydrogens is 390 g/mol. The first-order chi connectivity index (χ1) is 15.1. The summed E-state index contributed by atoms with van der Waals surface area (Å²) in [6, 6.07) is 17.6. The van der Waals surface area contributed by atoms with E-state index in [4.69, 9.17) is 14.6 Å². The second-order valence-electron chi connectivity index (χ2n) is 7.94. The number of carbonyl (C=O) groups excluding carboxylic acids is 1. The topological polar surface area (TPSA) is 56.6 Å². The van der Waals surface area contributed by atoms with Crippen molar-refractivity contribution in [1.29, 1.82) is 0 Å². The lowest BCUT2D eigenvalue weighted by Crippen LogP contribution is -2.32. The van der Waals surface area contributed by atoms with Gasteiger partial charge in [-0.15, -0.1) is 0 Å². The second kappa shape index (κ2) is 9.25. The Bertz CT molecular complexity index is 1040. The van der Waals surface area contributed by atoms with Gasteiger partial charge >= 0.3 is 0 Å². The van der Waals surface area contributed by atoms with Gasteiger partial charge in [0, 0.05) is 31.1 Å². The van der Waals surface area contributed by atoms with Gasteiger partial charge in [-0.3, -0.25) is 4.79 Å². The standard InChI is InChI=1S/C25H29N3O3/c1-4-15-28(24(29)19-13-14-19)17-22-23(18-9-6-5-7-10-18)26-27(2)25(22)31-21-12-8-11-20(16-21)30-3/h5-12,16,19H,4,13-15,17H2,1-3H3. The molecule has 6 heteroatoms. The molecule has 0 N–H and O–H groups in total. The molecule has 31 heavy (non-hydrogen) atoms. The summed E-state index contributed by atoms with van der Waals surface area (Å²) in [6.07, 6.45) is 2.89. The van der Waals surface area contributed by atoms with E-state index < -0.39 is 0 Å². The molecule has 4 rings (SSSR count). The van der Waals surface area contributed by atoms with Crippen molar-refractivity contribution < 1.29 is 14.3 Å². The largest absolute Gasteiger partial charge is 0.497 e. The fourth-order valence-corrected chi connectivity index (χ4v) is 3.74. The number of amides is 1. The summed E-state index contributed by atoms with van der Waals surface area (Å²) in [6.45, 7) is 3.29. The van der Waals surface area contributed by atoms with E-state index in [0.29, 0.717) is 18.2 Å². The Labute approximate surface area is 183 Å². The Kier molecular flexibility index (Phi) is 6.26. The van der Waals surface area contributed by atoms with Crippen molar-refractivity contribution in [3.8, 4) is 28.6 Å². The molecule has 1 aliphatic carbocycles. The van der Waals surface area contributed by atoms with Gasteiger partial charge in [0.25, 0.3) is 0 Å². The van der Waals surface area contributed by atoms with Gasteiger partial charge in [-0.25, -0.2) is 4.68 Å². The Hall–Kier alpha value is -3.28. The van der Waals surface area contributed by atoms with Crippen LogP contribution in [0.25, 0.3) is 11.3 Å². The van der Waals surface area contributed by atoms with Crippen LogP contribution in [0.5, 0.6) is 17.4 Å². The number of carbonyl (C=O) groups is 1. The van der Waals surface area contributed by atoms with Crippen molar-refractivity contribution in [1.82, 2.24) is 14.7 Å². The normalized spacial score (nSPS) is 13.1. The number of benzene rings is 2. The molecule has 2 aromatic carbocycles. The molecule has 1 heterocycles. The Morgan fingerprint density at radius 2 is 1.87 bits per heavy atom. The van der Waals surface area contributed by atoms with Crippen LogP contribution in [0.3, 0.4) is 0 Å². The van der Waals surface area contributed by atoms with E-state index in [1.807, 2.05) is 66.5 Å². The van der Waals surface area contributed by atoms with Crippen LogP contribution >= 0.6 is 0 Å². The van der Waals surface area contributed by atoms with E-state index >= 15 is 0 Å². The van der Waals surface area contributed by atoms with Gasteiger partial charge in [-0.2, -0.15) is 5.10 Å². The van der Waals surface area contributed by atoms with Crippen LogP contribution in [0.15, 0.2) is 54.6 Å². The molecule has 0 unspecified atom stereocenters. The number of methoxy groups -OCH3 is 1. The third kappa shape index (κ3) is 4.74. The van der Waals surface area contributed by atoms with E-state index in [-0.39, 0.29) is 11.8 Å². The third-order valence-electron chi connectivity index (χ3n) is 5.47. The summed E-state index contributed by atoms with van der Waals surface area (Å²) in [4.78, 5) is 14.9. The number of hydrogen-bond donors (Lipinski definition) is 0. The highest BCUT2D eigenvalue weighted by atomic mass is 16.5. The van der Waals surface area contributed by atoms with Crippen LogP contribution in [0.1, 0.15) is 31.7 Å². The predicted molar refractivity (Wildman–Crippen MR) is 120 cm³/mol. The number of aromatic nitrogens is 2. The van der Waals surface area contributed by atoms with Crippen LogP contribution < -0.4 is 9.47 Å². The summed E-state index contributed by atoms with van der Waals surface area (Å²) >= 11 is 0. The minimum absolute atomic E-state index is 0.172. The van der Waals surface area contributed by atoms with Crippen molar-refractivity contribution in [2.45, 2.75) is 32.7 Å². The maximum atomic E-state index is 12.9. The smallest absolute Gasteiger partial charge is 0.225 e. The van der Waals surface area contributed by atoms with Crippen molar-refractivity contribution in [2.24, 2.45) is 13.0 Å². The molecule has 6 nitrogen and oxygen atoms in total. The van der Waals surface area contributed by atoms with Gasteiger partial charge < -0.3 is 14.4 Å². The maximum absolute atomic E-state index is 12.9. The van der Waals surface area contributed by atoms with Crippen LogP contribution in [0.4, 0.5) is 0 Å². The fourth-order valence-electron chi connectivity index (χ4n) is 3.74. The van der Waals surface area contributed by atoms with Gasteiger partial charge in [0.15, 0.2) is 0 Å². The first kappa shape index (κ1) is 21.0. The highest BCUT2D eigenvalue weighted by molar-refractivity contribution is 5.81. The molecule has 1 aliphatic rings. The first-order valence-electron chi connectivity index (χ1n) is 10.8. The number of aryl methyl sites for hydroxylation is 1. The zero-order valence-corrected chi connectivity index (χ0v) is 18.4. The van der Waals surface area contributed by atoms with Crippen molar-refractivity contribution in [3.05, 3.63) is 60.2 Å². The lowest BCUT2D eigenvalue weighted by Gasteiger charge is -2.23. The third-order valence-corrected chi connectivity index (χ3v) is 5.47. The van der Waals surface area contributed by atoms with E-state index in [2.05, 4.69) is 6.92 Å². The average Bonchev–Trinajstić information content (AvgIpc) is 3.60. The van der Waals surface area contributed by atoms with E-state index in [1.165, 1.54) is 0 Å². The van der Waals surface area contributed by atoms with E-state index in [1.54, 1.807) is 11.8 Å². The van der Waals surface area contributed by atoms with Crippen molar-refractivity contribution >= 4 is 5.91 Å². The lowest BCUT2D eigenvalue weighted by molar-refractivity contribution is -0.133. The monoisotopic (exact) mass is 419 g/mol. The minimum atomic E-state index is 0.172. The molecule has 162 valence electrons. The number of hydrogen-bond acceptors (Lipinski definition) is 4. The molecule has 0 aliphatic heterocycles. The fraction of sp³-hybridized carbons (Fsp3) is 0.360. The SMILES string of the molecule is CCCN(Cc1c(-c2ccccc2)nn(C)c1Oc1cccc(OC)c1)C(=O)C1CC1. The van der Waals surface area contributed by atoms with Crippen molar-refractivity contribution in [2.75, 3.05) is 13.7 Å². The Morgan fingerprint density at radius 1 is 1.13 bits per heavy atom. The number of nitrogens with zero attached hydrogens (tertiary/aromatic N) is 3. The summed E-state index contributed by atoms with van der Waals surface area (Å²) in [5.74, 6) is 2.43. The summed E-state index contributed by atoms with van der Waals surface area (Å²) in [5, 5.41) is 4.78. The van der Waals surface area contributed by atoms with Gasteiger partial charge in [0.1, 0.15) is 17.2 Å². The molecule has 0 radical (unpaired) electrons. The van der Waals surface area contributed by atoms with Crippen molar-refractivity contribution in [3.63, 3.8) is 0 Å². The lowest BCUT2D eigenvalue weighted by atomic mass is 10.1. The molecular formula is C25H29N3O3. The molecule has 0 bridgehead atoms. The average molecular weight is 420 g/mol. The number of rotatable bonds is 9. The highest BCUT2D eigenvalue weighted by Gasteiger charge is 2.34. The van der Waals surface area contributed by atoms with Gasteiger partial charge in [0.05, 0.1) is 19.2 Å². The van der Waals surface area contributed by atoms with Gasteiger partial charge in [-0.1, -0.05) is 43.3 Å². The zero-order chi connectivity index (χ0) is 21.8. The quantitative estimate of drug-likeness (QED) is 0.488. The molecule has 1 amide bonds. The molecule has 1 fully saturated rings. The zero-order valence-electron chi connectivity index (χ0n) is 18.4. The predicted octanol–water partition coefficient (Wildman–Crippen LogP) is 5.04. The van der Waals surface area contributed by atoms with Crippen LogP contribution in [0.2, 0.25) is 0 Å². The highest BCUT2D eigenvalue weighted by Crippen LogP contribution is 2.37. The first-order valence-corrected chi connectivity index (χ1v) is 10.8. The molecule has 1 aromatic heterocycles. The summed E-state index contributed by atoms with van der Waals surface area (Å²) in [7, 11) is 3.51. The van der Waals surface area contributed by atoms with E-state index in [9.17, 15) is 4.79 Å². The van der Waals surface area contributed by atoms with E-state index in [0.717, 1.165) is 48.4 Å². The van der Waals surface area contributed by atoms with Crippen LogP contribution in [-0.2, 0) is 18.4 Å². The number of ether oxygens (including phenoxy) is 2. The summed E-state index contributed by atoms with van der Waals surface area (Å²) in [5.41, 5.74) is 2.76. The van der Waals surface area contributed by atoms with Gasteiger partial charge in [-0.05, 0) is 31.4 Å². The maximum Gasteiger partial charge on any atom is 0.225 e. The molecule has 1 saturated carbocycles. The Morgan fingerprint density at radius 3 is 2.55 bits per heavy atom. The van der Waals surface area contributed by atoms with Gasteiger partial charge in [0.2, 0.25) is 11.8 Å². The molecule has 3 aromatic rings. The molecule has 0 spiro atoms. The molecule has 0 saturated heterocycles. The second-order valence-corrected chi connectivity index (χ2v) is 7.94. The minimum Gasteiger partial charge on any atom is -0.497 e. The Balaban J connectivity index is 1.74. The van der Waals surface area contributed by atoms with Crippen LogP contribution in [0, 0.1) is 5.92 Å². The summed E-state index contributed by atoms with van der Waals surface area (Å²) < 4.78 is 13.4. The molecule has 0 atom stereocenters.